The summed E-state index contributed by atoms with van der Waals surface area (Å²) in [5.41, 5.74) is 11.0. The molecule has 1 nitrogen and oxygen atoms in total. The molecule has 0 atom stereocenters. The average molecular weight is 701 g/mol. The van der Waals surface area contributed by atoms with Gasteiger partial charge in [0, 0.05) is 21.3 Å². The standard InChI is InChI=1S/C29H44NP2.ClH.Pt/c1-17(2)31(18(3)4)25-15-21(9)13-23-27(25)30-28-24(29(23,11)12)14-22(10)16-26(28)32(19(5)6)20(7)8;;/h13-20H,1-12H3;1H;/q-1;;+2/p+1. The molecule has 0 bridgehead atoms. The second-order valence-electron chi connectivity index (χ2n) is 11.7. The third-order valence-electron chi connectivity index (χ3n) is 7.19. The molecule has 192 valence electrons. The Kier molecular flexibility index (Phi) is 10.8. The first kappa shape index (κ1) is 30.3. The number of nitrogens with zero attached hydrogens (tertiary/aromatic N) is 1. The Hall–Kier alpha value is 0.0783. The maximum absolute atomic E-state index is 5.61. The molecule has 0 saturated carbocycles. The molecule has 0 aromatic heterocycles. The third kappa shape index (κ3) is 5.96. The summed E-state index contributed by atoms with van der Waals surface area (Å²) in [5, 5.41) is 8.73. The van der Waals surface area contributed by atoms with Crippen molar-refractivity contribution in [3.8, 4) is 0 Å². The van der Waals surface area contributed by atoms with E-state index in [-0.39, 0.29) is 5.41 Å². The van der Waals surface area contributed by atoms with Crippen LogP contribution in [-0.4, -0.2) is 22.6 Å². The van der Waals surface area contributed by atoms with Crippen molar-refractivity contribution in [1.82, 2.24) is 0 Å². The van der Waals surface area contributed by atoms with Crippen LogP contribution in [0.1, 0.15) is 91.5 Å². The molecule has 0 N–H and O–H groups in total. The monoisotopic (exact) mass is 700 g/mol. The zero-order valence-electron chi connectivity index (χ0n) is 23.3. The minimum absolute atomic E-state index is 0.0319. The zero-order valence-corrected chi connectivity index (χ0v) is 28.3. The van der Waals surface area contributed by atoms with Gasteiger partial charge >= 0.3 is 28.2 Å². The Morgan fingerprint density at radius 1 is 0.647 bits per heavy atom. The van der Waals surface area contributed by atoms with Crippen LogP contribution in [0.4, 0.5) is 11.4 Å². The van der Waals surface area contributed by atoms with Crippen LogP contribution in [0.2, 0.25) is 0 Å². The zero-order chi connectivity index (χ0) is 26.1. The molecule has 1 heterocycles. The van der Waals surface area contributed by atoms with Gasteiger partial charge in [-0.25, -0.2) is 0 Å². The number of aryl methyl sites for hydroxylation is 2. The number of hydrogen-bond acceptors (Lipinski definition) is 0. The van der Waals surface area contributed by atoms with E-state index in [4.69, 9.17) is 5.32 Å². The van der Waals surface area contributed by atoms with Gasteiger partial charge in [-0.15, -0.1) is 0 Å². The third-order valence-corrected chi connectivity index (χ3v) is 14.2. The van der Waals surface area contributed by atoms with Gasteiger partial charge in [0.1, 0.15) is 0 Å². The molecule has 0 unspecified atom stereocenters. The van der Waals surface area contributed by atoms with Crippen LogP contribution in [-0.2, 0) is 24.2 Å². The van der Waals surface area contributed by atoms with Crippen LogP contribution in [0, 0.1) is 13.8 Å². The van der Waals surface area contributed by atoms with E-state index in [0.29, 0.717) is 22.6 Å². The molecule has 34 heavy (non-hydrogen) atoms. The number of rotatable bonds is 6. The number of fused-ring (bicyclic) bond motifs is 2. The fourth-order valence-corrected chi connectivity index (χ4v) is 12.9. The number of halogens is 1. The minimum atomic E-state index is -0.728. The van der Waals surface area contributed by atoms with Crippen LogP contribution in [0.25, 0.3) is 5.32 Å². The summed E-state index contributed by atoms with van der Waals surface area (Å²) >= 11 is 1.61. The van der Waals surface area contributed by atoms with Gasteiger partial charge in [-0.3, -0.25) is 0 Å². The van der Waals surface area contributed by atoms with E-state index in [9.17, 15) is 0 Å². The van der Waals surface area contributed by atoms with Crippen LogP contribution in [0.15, 0.2) is 24.3 Å². The Balaban J connectivity index is 0.00000199. The fraction of sp³-hybridized carbons (Fsp3) is 0.586. The molecule has 0 radical (unpaired) electrons. The molecule has 2 aromatic rings. The molecular formula is C29H46ClNP2Pt+2. The Labute approximate surface area is 227 Å². The van der Waals surface area contributed by atoms with E-state index in [1.54, 1.807) is 29.4 Å². The van der Waals surface area contributed by atoms with Crippen molar-refractivity contribution in [3.05, 3.63) is 51.8 Å². The van der Waals surface area contributed by atoms with Crippen LogP contribution in [0.3, 0.4) is 0 Å². The molecule has 0 fully saturated rings. The van der Waals surface area contributed by atoms with Crippen LogP contribution in [0.5, 0.6) is 0 Å². The summed E-state index contributed by atoms with van der Waals surface area (Å²) in [6, 6.07) is 9.79. The van der Waals surface area contributed by atoms with Gasteiger partial charge in [-0.1, -0.05) is 37.4 Å². The van der Waals surface area contributed by atoms with Gasteiger partial charge < -0.3 is 5.32 Å². The van der Waals surface area contributed by atoms with Crippen molar-refractivity contribution in [3.63, 3.8) is 0 Å². The van der Waals surface area contributed by atoms with Crippen molar-refractivity contribution < 1.29 is 18.8 Å². The van der Waals surface area contributed by atoms with Gasteiger partial charge in [-0.2, -0.15) is 0 Å². The van der Waals surface area contributed by atoms with Crippen LogP contribution < -0.4 is 10.6 Å². The molecule has 2 aromatic carbocycles. The normalized spacial score (nSPS) is 14.5. The second kappa shape index (κ2) is 12.1. The summed E-state index contributed by atoms with van der Waals surface area (Å²) in [6.45, 7) is 28.7. The Morgan fingerprint density at radius 2 is 0.941 bits per heavy atom. The van der Waals surface area contributed by atoms with Crippen molar-refractivity contribution in [1.29, 1.82) is 0 Å². The molecule has 1 aliphatic rings. The number of benzene rings is 2. The Bertz CT molecular complexity index is 905. The molecule has 0 spiro atoms. The van der Waals surface area contributed by atoms with Gasteiger partial charge in [0.25, 0.3) is 0 Å². The topological polar surface area (TPSA) is 14.1 Å². The van der Waals surface area contributed by atoms with Gasteiger partial charge in [-0.05, 0) is 104 Å². The first-order valence-corrected chi connectivity index (χ1v) is 18.8. The predicted octanol–water partition coefficient (Wildman–Crippen LogP) is 9.28. The van der Waals surface area contributed by atoms with Gasteiger partial charge in [0.2, 0.25) is 0 Å². The summed E-state index contributed by atoms with van der Waals surface area (Å²) in [5.74, 6) is 0. The molecule has 0 aliphatic carbocycles. The fourth-order valence-electron chi connectivity index (χ4n) is 6.03. The van der Waals surface area contributed by atoms with E-state index in [2.05, 4.69) is 117 Å². The van der Waals surface area contributed by atoms with Crippen molar-refractivity contribution in [2.45, 2.75) is 111 Å². The second-order valence-corrected chi connectivity index (χ2v) is 19.2. The summed E-state index contributed by atoms with van der Waals surface area (Å²) in [7, 11) is 3.16. The van der Waals surface area contributed by atoms with Gasteiger partial charge in [0.05, 0.1) is 33.2 Å². The van der Waals surface area contributed by atoms with Crippen molar-refractivity contribution >= 4 is 47.2 Å². The number of hydrogen-bond donors (Lipinski definition) is 0. The molecule has 0 saturated heterocycles. The maximum atomic E-state index is 5.61. The Morgan fingerprint density at radius 3 is 1.21 bits per heavy atom. The SMILES string of the molecule is Cc1cc([PH+](C(C)C)C(C)C)c2c(c1)C(C)(C)c1cc(C)cc([PH+](C(C)C)C(C)C)c1[N-]2.[Cl][Pt+]. The quantitative estimate of drug-likeness (QED) is 0.267. The van der Waals surface area contributed by atoms with Crippen LogP contribution >= 0.6 is 25.3 Å². The predicted molar refractivity (Wildman–Crippen MR) is 159 cm³/mol. The van der Waals surface area contributed by atoms with Crippen molar-refractivity contribution in [2.24, 2.45) is 0 Å². The summed E-state index contributed by atoms with van der Waals surface area (Å²) < 4.78 is 0. The molecule has 5 heteroatoms. The molecule has 1 aliphatic heterocycles. The molecule has 3 rings (SSSR count). The van der Waals surface area contributed by atoms with Gasteiger partial charge in [0.15, 0.2) is 0 Å². The van der Waals surface area contributed by atoms with E-state index in [0.717, 1.165) is 0 Å². The van der Waals surface area contributed by atoms with Crippen molar-refractivity contribution in [2.75, 3.05) is 0 Å². The summed E-state index contributed by atoms with van der Waals surface area (Å²) in [6.07, 6.45) is 0. The van der Waals surface area contributed by atoms with E-state index in [1.807, 2.05) is 0 Å². The first-order valence-electron chi connectivity index (χ1n) is 12.6. The van der Waals surface area contributed by atoms with E-state index in [1.165, 1.54) is 33.6 Å². The molecule has 0 amide bonds. The van der Waals surface area contributed by atoms with E-state index >= 15 is 0 Å². The van der Waals surface area contributed by atoms with E-state index < -0.39 is 15.8 Å². The average Bonchev–Trinajstić information content (AvgIpc) is 2.70. The first-order chi connectivity index (χ1) is 15.8. The molecular weight excluding hydrogens is 655 g/mol. The summed E-state index contributed by atoms with van der Waals surface area (Å²) in [4.78, 5) is 0.